The van der Waals surface area contributed by atoms with E-state index in [1.807, 2.05) is 0 Å². The van der Waals surface area contributed by atoms with E-state index >= 15 is 0 Å². The maximum Gasteiger partial charge on any atom is 0.267 e. The second-order valence-corrected chi connectivity index (χ2v) is 4.31. The Morgan fingerprint density at radius 1 is 1.59 bits per heavy atom. The molecule has 2 rings (SSSR count). The summed E-state index contributed by atoms with van der Waals surface area (Å²) in [6, 6.07) is 0. The molecule has 2 heterocycles. The smallest absolute Gasteiger partial charge is 0.267 e. The first-order chi connectivity index (χ1) is 8.16. The monoisotopic (exact) mass is 239 g/mol. The van der Waals surface area contributed by atoms with Crippen LogP contribution in [0.15, 0.2) is 5.10 Å². The van der Waals surface area contributed by atoms with Crippen LogP contribution in [0.5, 0.6) is 0 Å². The number of amides is 2. The average molecular weight is 239 g/mol. The Kier molecular flexibility index (Phi) is 3.73. The van der Waals surface area contributed by atoms with E-state index in [9.17, 15) is 9.59 Å². The van der Waals surface area contributed by atoms with Gasteiger partial charge >= 0.3 is 0 Å². The standard InChI is InChI=1S/C11H17N3O3/c1-14-10(15)5-4-9(13-14)11(16)12-7-8-3-2-6-17-8/h8H,2-7H2,1H3,(H,12,16)/t8-/m0/s1. The summed E-state index contributed by atoms with van der Waals surface area (Å²) in [4.78, 5) is 23.0. The second-order valence-electron chi connectivity index (χ2n) is 4.31. The third-order valence-electron chi connectivity index (χ3n) is 2.98. The molecule has 0 aromatic rings. The van der Waals surface area contributed by atoms with Crippen molar-refractivity contribution in [3.8, 4) is 0 Å². The first-order valence-electron chi connectivity index (χ1n) is 5.90. The summed E-state index contributed by atoms with van der Waals surface area (Å²) in [6.07, 6.45) is 2.94. The van der Waals surface area contributed by atoms with Crippen molar-refractivity contribution >= 4 is 17.5 Å². The minimum atomic E-state index is -0.195. The van der Waals surface area contributed by atoms with Crippen molar-refractivity contribution in [2.45, 2.75) is 31.8 Å². The van der Waals surface area contributed by atoms with Crippen LogP contribution in [0.25, 0.3) is 0 Å². The lowest BCUT2D eigenvalue weighted by molar-refractivity contribution is -0.130. The number of rotatable bonds is 3. The van der Waals surface area contributed by atoms with Gasteiger partial charge in [0, 0.05) is 33.0 Å². The number of hydrazone groups is 1. The fourth-order valence-electron chi connectivity index (χ4n) is 1.95. The molecule has 2 aliphatic heterocycles. The molecule has 0 bridgehead atoms. The van der Waals surface area contributed by atoms with Gasteiger partial charge in [0.1, 0.15) is 5.71 Å². The zero-order chi connectivity index (χ0) is 12.3. The van der Waals surface area contributed by atoms with Crippen LogP contribution in [0.3, 0.4) is 0 Å². The Balaban J connectivity index is 1.83. The SMILES string of the molecule is CN1N=C(C(=O)NC[C@@H]2CCCO2)CCC1=O. The zero-order valence-corrected chi connectivity index (χ0v) is 9.94. The molecular formula is C11H17N3O3. The maximum atomic E-state index is 11.8. The molecule has 1 atom stereocenters. The molecule has 0 aromatic heterocycles. The van der Waals surface area contributed by atoms with Gasteiger partial charge in [-0.15, -0.1) is 0 Å². The Morgan fingerprint density at radius 3 is 3.06 bits per heavy atom. The third kappa shape index (κ3) is 3.03. The first kappa shape index (κ1) is 12.0. The quantitative estimate of drug-likeness (QED) is 0.747. The van der Waals surface area contributed by atoms with Crippen LogP contribution < -0.4 is 5.32 Å². The molecule has 6 heteroatoms. The van der Waals surface area contributed by atoms with E-state index in [2.05, 4.69) is 10.4 Å². The van der Waals surface area contributed by atoms with Crippen molar-refractivity contribution in [3.63, 3.8) is 0 Å². The molecule has 0 spiro atoms. The molecule has 1 fully saturated rings. The number of nitrogens with one attached hydrogen (secondary N) is 1. The van der Waals surface area contributed by atoms with Crippen molar-refractivity contribution < 1.29 is 14.3 Å². The predicted octanol–water partition coefficient (Wildman–Crippen LogP) is -0.110. The van der Waals surface area contributed by atoms with E-state index in [0.717, 1.165) is 19.4 Å². The number of carbonyl (C=O) groups excluding carboxylic acids is 2. The summed E-state index contributed by atoms with van der Waals surface area (Å²) in [6.45, 7) is 1.30. The third-order valence-corrected chi connectivity index (χ3v) is 2.98. The highest BCUT2D eigenvalue weighted by molar-refractivity contribution is 6.39. The van der Waals surface area contributed by atoms with E-state index in [0.29, 0.717) is 25.1 Å². The topological polar surface area (TPSA) is 71.0 Å². The fourth-order valence-corrected chi connectivity index (χ4v) is 1.95. The van der Waals surface area contributed by atoms with Gasteiger partial charge < -0.3 is 10.1 Å². The van der Waals surface area contributed by atoms with E-state index < -0.39 is 0 Å². The largest absolute Gasteiger partial charge is 0.376 e. The van der Waals surface area contributed by atoms with Crippen LogP contribution in [0, 0.1) is 0 Å². The predicted molar refractivity (Wildman–Crippen MR) is 61.4 cm³/mol. The molecule has 0 aromatic carbocycles. The minimum absolute atomic E-state index is 0.0549. The molecular weight excluding hydrogens is 222 g/mol. The van der Waals surface area contributed by atoms with Gasteiger partial charge in [-0.1, -0.05) is 0 Å². The summed E-state index contributed by atoms with van der Waals surface area (Å²) in [5, 5.41) is 7.98. The molecule has 1 saturated heterocycles. The lowest BCUT2D eigenvalue weighted by atomic mass is 10.1. The fraction of sp³-hybridized carbons (Fsp3) is 0.727. The van der Waals surface area contributed by atoms with Crippen LogP contribution in [-0.4, -0.2) is 48.8 Å². The van der Waals surface area contributed by atoms with Gasteiger partial charge in [-0.25, -0.2) is 5.01 Å². The summed E-state index contributed by atoms with van der Waals surface area (Å²) in [5.41, 5.74) is 0.421. The summed E-state index contributed by atoms with van der Waals surface area (Å²) in [5.74, 6) is -0.250. The van der Waals surface area contributed by atoms with E-state index in [1.54, 1.807) is 7.05 Å². The molecule has 2 amide bonds. The number of ether oxygens (including phenoxy) is 1. The van der Waals surface area contributed by atoms with E-state index in [1.165, 1.54) is 5.01 Å². The van der Waals surface area contributed by atoms with Crippen molar-refractivity contribution in [1.29, 1.82) is 0 Å². The number of hydrogen-bond acceptors (Lipinski definition) is 4. The van der Waals surface area contributed by atoms with Crippen LogP contribution in [0.2, 0.25) is 0 Å². The van der Waals surface area contributed by atoms with Crippen LogP contribution >= 0.6 is 0 Å². The molecule has 0 saturated carbocycles. The maximum absolute atomic E-state index is 11.8. The van der Waals surface area contributed by atoms with Crippen LogP contribution in [-0.2, 0) is 14.3 Å². The van der Waals surface area contributed by atoms with Crippen LogP contribution in [0.4, 0.5) is 0 Å². The average Bonchev–Trinajstić information content (AvgIpc) is 2.82. The van der Waals surface area contributed by atoms with Crippen molar-refractivity contribution in [2.24, 2.45) is 5.10 Å². The second kappa shape index (κ2) is 5.27. The summed E-state index contributed by atoms with van der Waals surface area (Å²) >= 11 is 0. The van der Waals surface area contributed by atoms with Gasteiger partial charge in [0.05, 0.1) is 6.10 Å². The minimum Gasteiger partial charge on any atom is -0.376 e. The molecule has 0 unspecified atom stereocenters. The number of nitrogens with zero attached hydrogens (tertiary/aromatic N) is 2. The van der Waals surface area contributed by atoms with Gasteiger partial charge in [0.2, 0.25) is 5.91 Å². The molecule has 1 N–H and O–H groups in total. The van der Waals surface area contributed by atoms with Crippen LogP contribution in [0.1, 0.15) is 25.7 Å². The summed E-state index contributed by atoms with van der Waals surface area (Å²) < 4.78 is 5.41. The van der Waals surface area contributed by atoms with Gasteiger partial charge in [0.15, 0.2) is 0 Å². The molecule has 0 radical (unpaired) electrons. The van der Waals surface area contributed by atoms with Crippen molar-refractivity contribution in [1.82, 2.24) is 10.3 Å². The highest BCUT2D eigenvalue weighted by Crippen LogP contribution is 2.11. The normalized spacial score (nSPS) is 24.8. The van der Waals surface area contributed by atoms with Crippen molar-refractivity contribution in [2.75, 3.05) is 20.2 Å². The Morgan fingerprint density at radius 2 is 2.41 bits per heavy atom. The Bertz CT molecular complexity index is 348. The lowest BCUT2D eigenvalue weighted by Crippen LogP contribution is -2.40. The highest BCUT2D eigenvalue weighted by atomic mass is 16.5. The van der Waals surface area contributed by atoms with E-state index in [-0.39, 0.29) is 17.9 Å². The molecule has 6 nitrogen and oxygen atoms in total. The zero-order valence-electron chi connectivity index (χ0n) is 9.94. The van der Waals surface area contributed by atoms with Gasteiger partial charge in [0.25, 0.3) is 5.91 Å². The van der Waals surface area contributed by atoms with E-state index in [4.69, 9.17) is 4.74 Å². The molecule has 2 aliphatic rings. The lowest BCUT2D eigenvalue weighted by Gasteiger charge is -2.19. The Hall–Kier alpha value is -1.43. The van der Waals surface area contributed by atoms with Crippen molar-refractivity contribution in [3.05, 3.63) is 0 Å². The molecule has 0 aliphatic carbocycles. The number of carbonyl (C=O) groups is 2. The van der Waals surface area contributed by atoms with Gasteiger partial charge in [-0.05, 0) is 12.8 Å². The van der Waals surface area contributed by atoms with Gasteiger partial charge in [-0.2, -0.15) is 5.10 Å². The van der Waals surface area contributed by atoms with Gasteiger partial charge in [-0.3, -0.25) is 9.59 Å². The Labute approximate surface area is 100.0 Å². The molecule has 94 valence electrons. The highest BCUT2D eigenvalue weighted by Gasteiger charge is 2.23. The number of hydrogen-bond donors (Lipinski definition) is 1. The first-order valence-corrected chi connectivity index (χ1v) is 5.90. The summed E-state index contributed by atoms with van der Waals surface area (Å²) in [7, 11) is 1.56. The molecule has 17 heavy (non-hydrogen) atoms.